The number of hydrogen-bond donors (Lipinski definition) is 2. The van der Waals surface area contributed by atoms with E-state index in [9.17, 15) is 4.79 Å². The number of nitrogens with one attached hydrogen (secondary N) is 1. The monoisotopic (exact) mass is 202 g/mol. The highest BCUT2D eigenvalue weighted by molar-refractivity contribution is 5.81. The largest absolute Gasteiger partial charge is 0.381 e. The maximum absolute atomic E-state index is 11.2. The summed E-state index contributed by atoms with van der Waals surface area (Å²) in [5, 5.41) is 2.77. The minimum atomic E-state index is -0.369. The van der Waals surface area contributed by atoms with Gasteiger partial charge in [-0.15, -0.1) is 0 Å². The predicted octanol–water partition coefficient (Wildman–Crippen LogP) is 0.657. The molecule has 0 fully saturated rings. The van der Waals surface area contributed by atoms with E-state index in [0.29, 0.717) is 19.6 Å². The van der Waals surface area contributed by atoms with Crippen molar-refractivity contribution in [3.8, 4) is 0 Å². The van der Waals surface area contributed by atoms with E-state index in [1.54, 1.807) is 0 Å². The quantitative estimate of drug-likeness (QED) is 0.568. The lowest BCUT2D eigenvalue weighted by atomic mass is 10.2. The van der Waals surface area contributed by atoms with E-state index in [0.717, 1.165) is 19.4 Å². The summed E-state index contributed by atoms with van der Waals surface area (Å²) in [5.74, 6) is -0.0667. The molecule has 0 aliphatic carbocycles. The Morgan fingerprint density at radius 2 is 2.14 bits per heavy atom. The Morgan fingerprint density at radius 1 is 1.43 bits per heavy atom. The van der Waals surface area contributed by atoms with Gasteiger partial charge in [-0.3, -0.25) is 4.79 Å². The Labute approximate surface area is 86.2 Å². The first-order valence-corrected chi connectivity index (χ1v) is 5.33. The summed E-state index contributed by atoms with van der Waals surface area (Å²) in [4.78, 5) is 11.2. The van der Waals surface area contributed by atoms with Crippen molar-refractivity contribution in [3.63, 3.8) is 0 Å². The molecule has 14 heavy (non-hydrogen) atoms. The van der Waals surface area contributed by atoms with Crippen molar-refractivity contribution in [1.82, 2.24) is 5.32 Å². The smallest absolute Gasteiger partial charge is 0.236 e. The van der Waals surface area contributed by atoms with Gasteiger partial charge in [-0.05, 0) is 19.3 Å². The van der Waals surface area contributed by atoms with Gasteiger partial charge in [0, 0.05) is 19.8 Å². The second kappa shape index (κ2) is 8.97. The van der Waals surface area contributed by atoms with E-state index in [2.05, 4.69) is 12.2 Å². The van der Waals surface area contributed by atoms with E-state index < -0.39 is 0 Å². The van der Waals surface area contributed by atoms with Crippen LogP contribution in [0, 0.1) is 0 Å². The topological polar surface area (TPSA) is 64.3 Å². The van der Waals surface area contributed by atoms with Crippen LogP contribution >= 0.6 is 0 Å². The zero-order valence-electron chi connectivity index (χ0n) is 9.21. The molecule has 0 aromatic rings. The molecule has 0 unspecified atom stereocenters. The number of ether oxygens (including phenoxy) is 1. The second-order valence-corrected chi connectivity index (χ2v) is 3.27. The molecule has 0 heterocycles. The summed E-state index contributed by atoms with van der Waals surface area (Å²) in [5.41, 5.74) is 5.54. The normalized spacial score (nSPS) is 12.5. The molecule has 1 amide bonds. The van der Waals surface area contributed by atoms with Crippen LogP contribution in [0.15, 0.2) is 0 Å². The third-order valence-electron chi connectivity index (χ3n) is 1.89. The fourth-order valence-electron chi connectivity index (χ4n) is 0.949. The van der Waals surface area contributed by atoms with Crippen LogP contribution in [0.4, 0.5) is 0 Å². The van der Waals surface area contributed by atoms with Gasteiger partial charge in [0.1, 0.15) is 0 Å². The van der Waals surface area contributed by atoms with Crippen molar-refractivity contribution >= 4 is 5.91 Å². The van der Waals surface area contributed by atoms with Gasteiger partial charge in [0.2, 0.25) is 5.91 Å². The molecule has 0 bridgehead atoms. The first-order chi connectivity index (χ1) is 6.72. The Morgan fingerprint density at radius 3 is 2.71 bits per heavy atom. The molecule has 1 atom stereocenters. The number of rotatable bonds is 8. The van der Waals surface area contributed by atoms with Gasteiger partial charge in [-0.25, -0.2) is 0 Å². The number of nitrogens with two attached hydrogens (primary N) is 1. The van der Waals surface area contributed by atoms with Gasteiger partial charge in [0.15, 0.2) is 0 Å². The van der Waals surface area contributed by atoms with Crippen LogP contribution in [0.3, 0.4) is 0 Å². The molecule has 4 heteroatoms. The van der Waals surface area contributed by atoms with E-state index >= 15 is 0 Å². The molecule has 0 spiro atoms. The first-order valence-electron chi connectivity index (χ1n) is 5.33. The lowest BCUT2D eigenvalue weighted by Crippen LogP contribution is -2.40. The summed E-state index contributed by atoms with van der Waals surface area (Å²) < 4.78 is 5.27. The zero-order chi connectivity index (χ0) is 10.8. The summed E-state index contributed by atoms with van der Waals surface area (Å²) in [7, 11) is 0. The average Bonchev–Trinajstić information content (AvgIpc) is 2.21. The third-order valence-corrected chi connectivity index (χ3v) is 1.89. The van der Waals surface area contributed by atoms with Gasteiger partial charge < -0.3 is 15.8 Å². The average molecular weight is 202 g/mol. The minimum absolute atomic E-state index is 0.0667. The molecular formula is C10H22N2O2. The number of amides is 1. The van der Waals surface area contributed by atoms with Crippen molar-refractivity contribution in [2.75, 3.05) is 19.8 Å². The van der Waals surface area contributed by atoms with Crippen LogP contribution in [-0.2, 0) is 9.53 Å². The summed E-state index contributed by atoms with van der Waals surface area (Å²) in [6.45, 7) is 6.12. The van der Waals surface area contributed by atoms with Crippen LogP contribution in [0.25, 0.3) is 0 Å². The number of carbonyl (C=O) groups is 1. The molecule has 0 aromatic heterocycles. The maximum atomic E-state index is 11.2. The summed E-state index contributed by atoms with van der Waals surface area (Å²) in [6.07, 6.45) is 2.56. The highest BCUT2D eigenvalue weighted by Gasteiger charge is 2.08. The van der Waals surface area contributed by atoms with Crippen LogP contribution < -0.4 is 11.1 Å². The van der Waals surface area contributed by atoms with Crippen LogP contribution in [0.1, 0.15) is 33.1 Å². The molecule has 0 aromatic carbocycles. The van der Waals surface area contributed by atoms with Crippen molar-refractivity contribution in [2.45, 2.75) is 39.2 Å². The highest BCUT2D eigenvalue weighted by atomic mass is 16.5. The summed E-state index contributed by atoms with van der Waals surface area (Å²) >= 11 is 0. The maximum Gasteiger partial charge on any atom is 0.236 e. The zero-order valence-corrected chi connectivity index (χ0v) is 9.21. The minimum Gasteiger partial charge on any atom is -0.381 e. The lowest BCUT2D eigenvalue weighted by molar-refractivity contribution is -0.122. The Bertz CT molecular complexity index is 151. The molecule has 84 valence electrons. The van der Waals surface area contributed by atoms with Gasteiger partial charge in [0.25, 0.3) is 0 Å². The van der Waals surface area contributed by atoms with E-state index in [1.807, 2.05) is 6.92 Å². The Hall–Kier alpha value is -0.610. The van der Waals surface area contributed by atoms with E-state index in [-0.39, 0.29) is 11.9 Å². The fraction of sp³-hybridized carbons (Fsp3) is 0.900. The van der Waals surface area contributed by atoms with Gasteiger partial charge >= 0.3 is 0 Å². The molecule has 4 nitrogen and oxygen atoms in total. The second-order valence-electron chi connectivity index (χ2n) is 3.27. The third kappa shape index (κ3) is 6.86. The lowest BCUT2D eigenvalue weighted by Gasteiger charge is -2.09. The highest BCUT2D eigenvalue weighted by Crippen LogP contribution is 1.87. The van der Waals surface area contributed by atoms with Crippen LogP contribution in [-0.4, -0.2) is 31.7 Å². The van der Waals surface area contributed by atoms with Crippen LogP contribution in [0.2, 0.25) is 0 Å². The van der Waals surface area contributed by atoms with Crippen molar-refractivity contribution in [2.24, 2.45) is 5.73 Å². The molecule has 0 saturated carbocycles. The van der Waals surface area contributed by atoms with Crippen molar-refractivity contribution in [1.29, 1.82) is 0 Å². The molecule has 0 rings (SSSR count). The molecule has 0 saturated heterocycles. The molecule has 0 aliphatic rings. The molecule has 3 N–H and O–H groups in total. The van der Waals surface area contributed by atoms with Crippen molar-refractivity contribution < 1.29 is 9.53 Å². The fourth-order valence-corrected chi connectivity index (χ4v) is 0.949. The Kier molecular flexibility index (Phi) is 8.57. The standard InChI is InChI=1S/C10H22N2O2/c1-3-7-14-8-5-6-12-10(13)9(11)4-2/h9H,3-8,11H2,1-2H3,(H,12,13)/t9-/m0/s1. The Balaban J connectivity index is 3.23. The molecular weight excluding hydrogens is 180 g/mol. The molecule has 0 radical (unpaired) electrons. The van der Waals surface area contributed by atoms with E-state index in [1.165, 1.54) is 0 Å². The predicted molar refractivity (Wildman–Crippen MR) is 57.0 cm³/mol. The van der Waals surface area contributed by atoms with Gasteiger partial charge in [-0.2, -0.15) is 0 Å². The van der Waals surface area contributed by atoms with E-state index in [4.69, 9.17) is 10.5 Å². The van der Waals surface area contributed by atoms with Gasteiger partial charge in [0.05, 0.1) is 6.04 Å². The number of hydrogen-bond acceptors (Lipinski definition) is 3. The summed E-state index contributed by atoms with van der Waals surface area (Å²) in [6, 6.07) is -0.369. The van der Waals surface area contributed by atoms with Crippen LogP contribution in [0.5, 0.6) is 0 Å². The first kappa shape index (κ1) is 13.4. The SMILES string of the molecule is CCCOCCCNC(=O)[C@@H](N)CC. The molecule has 0 aliphatic heterocycles. The van der Waals surface area contributed by atoms with Crippen molar-refractivity contribution in [3.05, 3.63) is 0 Å². The number of carbonyl (C=O) groups excluding carboxylic acids is 1. The van der Waals surface area contributed by atoms with Gasteiger partial charge in [-0.1, -0.05) is 13.8 Å².